The molecule has 2 aromatic rings. The van der Waals surface area contributed by atoms with Crippen LogP contribution in [-0.4, -0.2) is 11.5 Å². The summed E-state index contributed by atoms with van der Waals surface area (Å²) in [7, 11) is 0. The van der Waals surface area contributed by atoms with E-state index in [2.05, 4.69) is 5.32 Å². The standard InChI is InChI=1S/C18H18ClNOS/c1-2-11-20-18(22)16(14-9-6-10-15(19)12-14)17(21)13-7-4-3-5-8-13/h3-10,12,21H,2,11H2,1H3,(H,20,22)/p-1/b17-16-. The molecule has 0 bridgehead atoms. The maximum Gasteiger partial charge on any atom is 0.106 e. The zero-order valence-electron chi connectivity index (χ0n) is 12.3. The highest BCUT2D eigenvalue weighted by Gasteiger charge is 2.10. The largest absolute Gasteiger partial charge is 0.872 e. The second-order valence-electron chi connectivity index (χ2n) is 4.84. The summed E-state index contributed by atoms with van der Waals surface area (Å²) in [5, 5.41) is 16.6. The number of thiocarbonyl (C=S) groups is 1. The average molecular weight is 331 g/mol. The van der Waals surface area contributed by atoms with Gasteiger partial charge in [0.1, 0.15) is 4.99 Å². The molecule has 0 atom stereocenters. The average Bonchev–Trinajstić information content (AvgIpc) is 2.54. The summed E-state index contributed by atoms with van der Waals surface area (Å²) in [6, 6.07) is 16.3. The molecule has 4 heteroatoms. The molecule has 0 fully saturated rings. The van der Waals surface area contributed by atoms with E-state index in [1.165, 1.54) is 0 Å². The molecule has 2 nitrogen and oxygen atoms in total. The highest BCUT2D eigenvalue weighted by Crippen LogP contribution is 2.25. The molecule has 0 aliphatic carbocycles. The molecule has 1 N–H and O–H groups in total. The van der Waals surface area contributed by atoms with E-state index >= 15 is 0 Å². The lowest BCUT2D eigenvalue weighted by Crippen LogP contribution is -2.25. The molecule has 0 unspecified atom stereocenters. The van der Waals surface area contributed by atoms with Crippen LogP contribution in [0.4, 0.5) is 0 Å². The molecular weight excluding hydrogens is 314 g/mol. The zero-order valence-corrected chi connectivity index (χ0v) is 13.9. The third-order valence-corrected chi connectivity index (χ3v) is 3.72. The predicted molar refractivity (Wildman–Crippen MR) is 95.6 cm³/mol. The molecule has 22 heavy (non-hydrogen) atoms. The Morgan fingerprint density at radius 3 is 2.41 bits per heavy atom. The zero-order chi connectivity index (χ0) is 15.9. The summed E-state index contributed by atoms with van der Waals surface area (Å²) in [6.07, 6.45) is 0.933. The summed E-state index contributed by atoms with van der Waals surface area (Å²) in [5.74, 6) is -0.100. The van der Waals surface area contributed by atoms with Gasteiger partial charge < -0.3 is 10.4 Å². The molecule has 2 aromatic carbocycles. The molecule has 0 aliphatic heterocycles. The van der Waals surface area contributed by atoms with Crippen LogP contribution < -0.4 is 10.4 Å². The van der Waals surface area contributed by atoms with Crippen molar-refractivity contribution >= 4 is 40.1 Å². The Balaban J connectivity index is 2.52. The smallest absolute Gasteiger partial charge is 0.106 e. The molecule has 0 spiro atoms. The van der Waals surface area contributed by atoms with Crippen molar-refractivity contribution in [2.45, 2.75) is 13.3 Å². The van der Waals surface area contributed by atoms with Crippen LogP contribution in [0.25, 0.3) is 11.3 Å². The summed E-state index contributed by atoms with van der Waals surface area (Å²) < 4.78 is 0. The van der Waals surface area contributed by atoms with Gasteiger partial charge in [0.25, 0.3) is 0 Å². The summed E-state index contributed by atoms with van der Waals surface area (Å²) in [6.45, 7) is 2.78. The van der Waals surface area contributed by atoms with Gasteiger partial charge in [0.05, 0.1) is 0 Å². The lowest BCUT2D eigenvalue weighted by Gasteiger charge is -2.22. The van der Waals surface area contributed by atoms with Crippen LogP contribution in [0.15, 0.2) is 54.6 Å². The Bertz CT molecular complexity index is 682. The minimum absolute atomic E-state index is 0.100. The van der Waals surface area contributed by atoms with E-state index in [4.69, 9.17) is 23.8 Å². The van der Waals surface area contributed by atoms with Crippen molar-refractivity contribution in [2.75, 3.05) is 6.54 Å². The van der Waals surface area contributed by atoms with Crippen LogP contribution in [0.5, 0.6) is 0 Å². The molecule has 0 heterocycles. The van der Waals surface area contributed by atoms with E-state index in [0.29, 0.717) is 21.1 Å². The van der Waals surface area contributed by atoms with E-state index < -0.39 is 0 Å². The van der Waals surface area contributed by atoms with Crippen molar-refractivity contribution in [2.24, 2.45) is 0 Å². The van der Waals surface area contributed by atoms with Crippen molar-refractivity contribution in [1.82, 2.24) is 5.32 Å². The van der Waals surface area contributed by atoms with Crippen LogP contribution in [-0.2, 0) is 0 Å². The minimum atomic E-state index is -0.100. The van der Waals surface area contributed by atoms with Gasteiger partial charge in [0.15, 0.2) is 0 Å². The van der Waals surface area contributed by atoms with E-state index in [1.54, 1.807) is 24.3 Å². The van der Waals surface area contributed by atoms with Crippen LogP contribution in [0, 0.1) is 0 Å². The van der Waals surface area contributed by atoms with Crippen molar-refractivity contribution < 1.29 is 5.11 Å². The van der Waals surface area contributed by atoms with Gasteiger partial charge in [-0.25, -0.2) is 0 Å². The fraction of sp³-hybridized carbons (Fsp3) is 0.167. The van der Waals surface area contributed by atoms with E-state index in [9.17, 15) is 5.11 Å². The van der Waals surface area contributed by atoms with Crippen LogP contribution in [0.2, 0.25) is 5.02 Å². The molecule has 0 amide bonds. The summed E-state index contributed by atoms with van der Waals surface area (Å²) in [5.41, 5.74) is 1.82. The van der Waals surface area contributed by atoms with Crippen molar-refractivity contribution in [3.8, 4) is 0 Å². The Labute approximate surface area is 141 Å². The normalized spacial score (nSPS) is 11.7. The highest BCUT2D eigenvalue weighted by atomic mass is 35.5. The quantitative estimate of drug-likeness (QED) is 0.391. The second-order valence-corrected chi connectivity index (χ2v) is 5.68. The van der Waals surface area contributed by atoms with Crippen LogP contribution in [0.3, 0.4) is 0 Å². The van der Waals surface area contributed by atoms with Crippen LogP contribution >= 0.6 is 23.8 Å². The Morgan fingerprint density at radius 2 is 1.77 bits per heavy atom. The maximum atomic E-state index is 12.9. The third kappa shape index (κ3) is 4.09. The number of halogens is 1. The fourth-order valence-electron chi connectivity index (χ4n) is 2.07. The Morgan fingerprint density at radius 1 is 1.09 bits per heavy atom. The monoisotopic (exact) mass is 330 g/mol. The van der Waals surface area contributed by atoms with Gasteiger partial charge in [-0.3, -0.25) is 0 Å². The lowest BCUT2D eigenvalue weighted by molar-refractivity contribution is -0.242. The van der Waals surface area contributed by atoms with E-state index in [0.717, 1.165) is 18.5 Å². The van der Waals surface area contributed by atoms with Gasteiger partial charge >= 0.3 is 0 Å². The number of hydrogen-bond acceptors (Lipinski definition) is 2. The molecule has 2 rings (SSSR count). The predicted octanol–water partition coefficient (Wildman–Crippen LogP) is 3.90. The van der Waals surface area contributed by atoms with E-state index in [-0.39, 0.29) is 5.76 Å². The van der Waals surface area contributed by atoms with Gasteiger partial charge in [-0.05, 0) is 29.7 Å². The first-order valence-corrected chi connectivity index (χ1v) is 7.93. The molecule has 0 saturated carbocycles. The second kappa shape index (κ2) is 7.97. The van der Waals surface area contributed by atoms with Crippen LogP contribution in [0.1, 0.15) is 24.5 Å². The van der Waals surface area contributed by atoms with Gasteiger partial charge in [0.2, 0.25) is 0 Å². The number of benzene rings is 2. The van der Waals surface area contributed by atoms with Gasteiger partial charge in [-0.15, -0.1) is 0 Å². The number of rotatable bonds is 5. The van der Waals surface area contributed by atoms with Crippen molar-refractivity contribution in [3.05, 3.63) is 70.7 Å². The molecule has 114 valence electrons. The molecule has 0 aromatic heterocycles. The number of hydrogen-bond donors (Lipinski definition) is 1. The highest BCUT2D eigenvalue weighted by molar-refractivity contribution is 7.81. The Hall–Kier alpha value is -1.84. The lowest BCUT2D eigenvalue weighted by atomic mass is 10.0. The molecule has 0 saturated heterocycles. The molecule has 0 aliphatic rings. The fourth-order valence-corrected chi connectivity index (χ4v) is 2.57. The third-order valence-electron chi connectivity index (χ3n) is 3.14. The molecular formula is C18H17ClNOS-. The first-order valence-electron chi connectivity index (χ1n) is 7.14. The first kappa shape index (κ1) is 16.5. The van der Waals surface area contributed by atoms with Gasteiger partial charge in [-0.1, -0.05) is 79.0 Å². The van der Waals surface area contributed by atoms with Crippen molar-refractivity contribution in [3.63, 3.8) is 0 Å². The summed E-state index contributed by atoms with van der Waals surface area (Å²) in [4.78, 5) is 0.456. The van der Waals surface area contributed by atoms with Gasteiger partial charge in [0, 0.05) is 17.1 Å². The van der Waals surface area contributed by atoms with E-state index in [1.807, 2.05) is 37.3 Å². The minimum Gasteiger partial charge on any atom is -0.872 e. The SMILES string of the molecule is CCCNC(=S)/C(=C(\[O-])c1ccccc1)c1cccc(Cl)c1. The summed E-state index contributed by atoms with van der Waals surface area (Å²) >= 11 is 11.5. The topological polar surface area (TPSA) is 35.1 Å². The number of nitrogens with one attached hydrogen (secondary N) is 1. The van der Waals surface area contributed by atoms with Crippen molar-refractivity contribution in [1.29, 1.82) is 0 Å². The molecule has 0 radical (unpaired) electrons. The Kier molecular flexibility index (Phi) is 5.99. The van der Waals surface area contributed by atoms with Gasteiger partial charge in [-0.2, -0.15) is 0 Å². The maximum absolute atomic E-state index is 12.9. The first-order chi connectivity index (χ1) is 10.6.